The van der Waals surface area contributed by atoms with Crippen molar-refractivity contribution in [2.24, 2.45) is 11.8 Å². The van der Waals surface area contributed by atoms with Crippen LogP contribution in [0.15, 0.2) is 60.7 Å². The normalized spacial score (nSPS) is 19.1. The Bertz CT molecular complexity index is 1180. The number of fused-ring (bicyclic) bond motifs is 1. The van der Waals surface area contributed by atoms with E-state index in [0.29, 0.717) is 29.6 Å². The number of hydrogen-bond acceptors (Lipinski definition) is 3. The predicted molar refractivity (Wildman–Crippen MR) is 124 cm³/mol. The van der Waals surface area contributed by atoms with Gasteiger partial charge in [0.05, 0.1) is 5.92 Å². The summed E-state index contributed by atoms with van der Waals surface area (Å²) in [6.45, 7) is 4.10. The van der Waals surface area contributed by atoms with Crippen LogP contribution in [0, 0.1) is 24.6 Å². The van der Waals surface area contributed by atoms with Gasteiger partial charge in [-0.3, -0.25) is 4.79 Å². The van der Waals surface area contributed by atoms with Crippen molar-refractivity contribution in [3.05, 3.63) is 83.2 Å². The average molecular weight is 447 g/mol. The molecule has 4 nitrogen and oxygen atoms in total. The Morgan fingerprint density at radius 1 is 1.03 bits per heavy atom. The van der Waals surface area contributed by atoms with Crippen LogP contribution in [0.1, 0.15) is 48.5 Å². The van der Waals surface area contributed by atoms with E-state index in [4.69, 9.17) is 9.47 Å². The lowest BCUT2D eigenvalue weighted by molar-refractivity contribution is -0.142. The monoisotopic (exact) mass is 446 g/mol. The van der Waals surface area contributed by atoms with E-state index in [2.05, 4.69) is 0 Å². The van der Waals surface area contributed by atoms with Gasteiger partial charge in [0.15, 0.2) is 17.6 Å². The van der Waals surface area contributed by atoms with Gasteiger partial charge >= 0.3 is 5.97 Å². The first kappa shape index (κ1) is 21.5. The topological polar surface area (TPSA) is 55.8 Å². The molecule has 5 heteroatoms. The first-order valence-electron chi connectivity index (χ1n) is 11.4. The lowest BCUT2D eigenvalue weighted by atomic mass is 9.83. The fourth-order valence-corrected chi connectivity index (χ4v) is 4.78. The van der Waals surface area contributed by atoms with Crippen LogP contribution >= 0.6 is 0 Å². The van der Waals surface area contributed by atoms with E-state index in [1.54, 1.807) is 13.0 Å². The second-order valence-corrected chi connectivity index (χ2v) is 9.22. The summed E-state index contributed by atoms with van der Waals surface area (Å²) in [5.74, 6) is 0.221. The number of ether oxygens (including phenoxy) is 2. The summed E-state index contributed by atoms with van der Waals surface area (Å²) in [7, 11) is 0. The number of rotatable bonds is 6. The van der Waals surface area contributed by atoms with Gasteiger partial charge in [-0.25, -0.2) is 4.39 Å². The van der Waals surface area contributed by atoms with E-state index in [1.165, 1.54) is 6.07 Å². The van der Waals surface area contributed by atoms with Crippen LogP contribution in [0.5, 0.6) is 11.5 Å². The number of aliphatic carboxylic acids is 1. The van der Waals surface area contributed by atoms with E-state index >= 15 is 0 Å². The van der Waals surface area contributed by atoms with Crippen LogP contribution in [0.4, 0.5) is 4.39 Å². The second-order valence-electron chi connectivity index (χ2n) is 9.22. The zero-order chi connectivity index (χ0) is 23.1. The highest BCUT2D eigenvalue weighted by Crippen LogP contribution is 2.49. The van der Waals surface area contributed by atoms with Crippen molar-refractivity contribution < 1.29 is 23.8 Å². The molecule has 0 bridgehead atoms. The van der Waals surface area contributed by atoms with E-state index in [-0.39, 0.29) is 17.8 Å². The third-order valence-corrected chi connectivity index (χ3v) is 6.79. The Morgan fingerprint density at radius 3 is 2.48 bits per heavy atom. The third-order valence-electron chi connectivity index (χ3n) is 6.79. The molecule has 1 aliphatic heterocycles. The van der Waals surface area contributed by atoms with Gasteiger partial charge in [0.25, 0.3) is 0 Å². The van der Waals surface area contributed by atoms with Gasteiger partial charge in [-0.15, -0.1) is 0 Å². The number of aryl methyl sites for hydroxylation is 1. The Balaban J connectivity index is 1.38. The summed E-state index contributed by atoms with van der Waals surface area (Å²) >= 11 is 0. The molecule has 0 amide bonds. The highest BCUT2D eigenvalue weighted by atomic mass is 19.1. The Morgan fingerprint density at radius 2 is 1.79 bits per heavy atom. The van der Waals surface area contributed by atoms with E-state index < -0.39 is 11.9 Å². The molecule has 3 aromatic rings. The SMILES string of the molecule is Cc1ccc(F)c(-c2ccc(C3COc4ccc([C@H](C5CC5)[C@H](C)C(=O)O)cc4O3)cc2)c1. The van der Waals surface area contributed by atoms with Crippen LogP contribution in [-0.4, -0.2) is 17.7 Å². The van der Waals surface area contributed by atoms with Crippen LogP contribution in [-0.2, 0) is 4.79 Å². The highest BCUT2D eigenvalue weighted by molar-refractivity contribution is 5.71. The Kier molecular flexibility index (Phi) is 5.57. The first-order chi connectivity index (χ1) is 15.9. The Labute approximate surface area is 193 Å². The zero-order valence-electron chi connectivity index (χ0n) is 18.8. The fraction of sp³-hybridized carbons (Fsp3) is 0.321. The molecule has 170 valence electrons. The lowest BCUT2D eigenvalue weighted by Gasteiger charge is -2.29. The van der Waals surface area contributed by atoms with Crippen LogP contribution in [0.3, 0.4) is 0 Å². The summed E-state index contributed by atoms with van der Waals surface area (Å²) in [5, 5.41) is 9.58. The minimum atomic E-state index is -0.773. The number of halogens is 1. The number of carbonyl (C=O) groups is 1. The summed E-state index contributed by atoms with van der Waals surface area (Å²) < 4.78 is 26.5. The zero-order valence-corrected chi connectivity index (χ0v) is 18.8. The summed E-state index contributed by atoms with van der Waals surface area (Å²) in [6, 6.07) is 18.6. The molecule has 33 heavy (non-hydrogen) atoms. The van der Waals surface area contributed by atoms with Gasteiger partial charge in [-0.1, -0.05) is 48.9 Å². The van der Waals surface area contributed by atoms with Gasteiger partial charge < -0.3 is 14.6 Å². The average Bonchev–Trinajstić information content (AvgIpc) is 3.65. The number of benzene rings is 3. The Hall–Kier alpha value is -3.34. The summed E-state index contributed by atoms with van der Waals surface area (Å²) in [4.78, 5) is 11.7. The quantitative estimate of drug-likeness (QED) is 0.468. The largest absolute Gasteiger partial charge is 0.485 e. The molecule has 1 aliphatic carbocycles. The molecule has 0 radical (unpaired) electrons. The van der Waals surface area contributed by atoms with Crippen LogP contribution in [0.25, 0.3) is 11.1 Å². The first-order valence-corrected chi connectivity index (χ1v) is 11.4. The molecule has 1 saturated carbocycles. The number of carboxylic acid groups (broad SMARTS) is 1. The molecule has 5 rings (SSSR count). The van der Waals surface area contributed by atoms with Crippen molar-refractivity contribution in [1.82, 2.24) is 0 Å². The minimum Gasteiger partial charge on any atom is -0.485 e. The van der Waals surface area contributed by atoms with Gasteiger partial charge in [0, 0.05) is 5.56 Å². The standard InChI is InChI=1S/C28H27FO4/c1-16-3-11-23(29)22(13-16)18-4-6-19(7-5-18)26-15-32-24-12-10-21(14-25(24)33-26)27(20-8-9-20)17(2)28(30)31/h3-7,10-14,17,20,26-27H,8-9,15H2,1-2H3,(H,30,31)/t17-,26?,27-/m0/s1. The van der Waals surface area contributed by atoms with Crippen molar-refractivity contribution in [3.8, 4) is 22.6 Å². The van der Waals surface area contributed by atoms with Crippen molar-refractivity contribution in [1.29, 1.82) is 0 Å². The van der Waals surface area contributed by atoms with Gasteiger partial charge in [0.1, 0.15) is 12.4 Å². The predicted octanol–water partition coefficient (Wildman–Crippen LogP) is 6.53. The number of hydrogen-bond donors (Lipinski definition) is 1. The molecule has 3 aromatic carbocycles. The van der Waals surface area contributed by atoms with E-state index in [1.807, 2.05) is 55.5 Å². The molecule has 0 aromatic heterocycles. The third kappa shape index (κ3) is 4.32. The molecule has 0 saturated heterocycles. The molecule has 2 aliphatic rings. The smallest absolute Gasteiger partial charge is 0.306 e. The van der Waals surface area contributed by atoms with E-state index in [9.17, 15) is 14.3 Å². The van der Waals surface area contributed by atoms with Gasteiger partial charge in [-0.2, -0.15) is 0 Å². The molecule has 1 heterocycles. The number of carboxylic acids is 1. The van der Waals surface area contributed by atoms with Gasteiger partial charge in [-0.05, 0) is 72.6 Å². The molecule has 0 spiro atoms. The maximum atomic E-state index is 14.3. The molecule has 1 N–H and O–H groups in total. The van der Waals surface area contributed by atoms with Gasteiger partial charge in [0.2, 0.25) is 0 Å². The molecular formula is C28H27FO4. The lowest BCUT2D eigenvalue weighted by Crippen LogP contribution is -2.23. The molecular weight excluding hydrogens is 419 g/mol. The fourth-order valence-electron chi connectivity index (χ4n) is 4.78. The maximum Gasteiger partial charge on any atom is 0.306 e. The molecule has 1 unspecified atom stereocenters. The minimum absolute atomic E-state index is 0.0275. The molecule has 1 fully saturated rings. The van der Waals surface area contributed by atoms with Crippen molar-refractivity contribution in [2.45, 2.75) is 38.7 Å². The van der Waals surface area contributed by atoms with Crippen molar-refractivity contribution in [3.63, 3.8) is 0 Å². The van der Waals surface area contributed by atoms with Crippen molar-refractivity contribution in [2.75, 3.05) is 6.61 Å². The highest BCUT2D eigenvalue weighted by Gasteiger charge is 2.39. The molecule has 3 atom stereocenters. The maximum absolute atomic E-state index is 14.3. The van der Waals surface area contributed by atoms with Crippen LogP contribution < -0.4 is 9.47 Å². The van der Waals surface area contributed by atoms with Crippen LogP contribution in [0.2, 0.25) is 0 Å². The van der Waals surface area contributed by atoms with E-state index in [0.717, 1.165) is 35.1 Å². The van der Waals surface area contributed by atoms with Crippen molar-refractivity contribution >= 4 is 5.97 Å². The second kappa shape index (κ2) is 8.54. The summed E-state index contributed by atoms with van der Waals surface area (Å²) in [6.07, 6.45) is 1.83. The summed E-state index contributed by atoms with van der Waals surface area (Å²) in [5.41, 5.74) is 4.33.